The van der Waals surface area contributed by atoms with Crippen molar-refractivity contribution >= 4 is 29.1 Å². The molecule has 2 N–H and O–H groups in total. The quantitative estimate of drug-likeness (QED) is 0.588. The van der Waals surface area contributed by atoms with Crippen LogP contribution in [0.2, 0.25) is 0 Å². The molecule has 0 fully saturated rings. The van der Waals surface area contributed by atoms with Crippen LogP contribution in [-0.4, -0.2) is 35.7 Å². The van der Waals surface area contributed by atoms with Crippen LogP contribution in [0.15, 0.2) is 78.9 Å². The van der Waals surface area contributed by atoms with Crippen LogP contribution >= 0.6 is 0 Å². The Morgan fingerprint density at radius 1 is 0.613 bits per heavy atom. The standard InChI is InChI=1S/C25H25N3O3/c1-3-28(4-2)25(31)20-12-16-22(17-13-20)27-24(30)19-10-14-21(15-11-19)26-23(29)18-8-6-5-7-9-18/h5-17H,3-4H2,1-2H3,(H,26,29)(H,27,30). The molecule has 0 atom stereocenters. The van der Waals surface area contributed by atoms with E-state index in [-0.39, 0.29) is 17.7 Å². The van der Waals surface area contributed by atoms with E-state index >= 15 is 0 Å². The van der Waals surface area contributed by atoms with Crippen LogP contribution in [0.1, 0.15) is 44.9 Å². The average Bonchev–Trinajstić information content (AvgIpc) is 2.81. The molecule has 0 heterocycles. The lowest BCUT2D eigenvalue weighted by molar-refractivity contribution is 0.0772. The summed E-state index contributed by atoms with van der Waals surface area (Å²) in [7, 11) is 0. The summed E-state index contributed by atoms with van der Waals surface area (Å²) in [5, 5.41) is 5.62. The Balaban J connectivity index is 1.60. The van der Waals surface area contributed by atoms with Crippen LogP contribution in [0.4, 0.5) is 11.4 Å². The Labute approximate surface area is 181 Å². The Morgan fingerprint density at radius 2 is 1.03 bits per heavy atom. The second kappa shape index (κ2) is 10.2. The van der Waals surface area contributed by atoms with Gasteiger partial charge in [-0.2, -0.15) is 0 Å². The number of nitrogens with zero attached hydrogens (tertiary/aromatic N) is 1. The van der Waals surface area contributed by atoms with E-state index in [2.05, 4.69) is 10.6 Å². The molecule has 0 aromatic heterocycles. The summed E-state index contributed by atoms with van der Waals surface area (Å²) >= 11 is 0. The van der Waals surface area contributed by atoms with Crippen molar-refractivity contribution in [2.24, 2.45) is 0 Å². The lowest BCUT2D eigenvalue weighted by Gasteiger charge is -2.18. The summed E-state index contributed by atoms with van der Waals surface area (Å²) in [5.41, 5.74) is 2.81. The van der Waals surface area contributed by atoms with Gasteiger partial charge in [-0.25, -0.2) is 0 Å². The van der Waals surface area contributed by atoms with Crippen LogP contribution in [0.25, 0.3) is 0 Å². The molecule has 3 amide bonds. The number of anilines is 2. The number of amides is 3. The van der Waals surface area contributed by atoms with E-state index < -0.39 is 0 Å². The first-order valence-corrected chi connectivity index (χ1v) is 10.2. The molecule has 0 spiro atoms. The van der Waals surface area contributed by atoms with Crippen molar-refractivity contribution in [3.8, 4) is 0 Å². The first-order valence-electron chi connectivity index (χ1n) is 10.2. The summed E-state index contributed by atoms with van der Waals surface area (Å²) in [6.07, 6.45) is 0. The molecule has 6 heteroatoms. The monoisotopic (exact) mass is 415 g/mol. The smallest absolute Gasteiger partial charge is 0.255 e. The van der Waals surface area contributed by atoms with Gasteiger partial charge in [0.15, 0.2) is 0 Å². The van der Waals surface area contributed by atoms with Gasteiger partial charge in [-0.15, -0.1) is 0 Å². The molecule has 0 radical (unpaired) electrons. The van der Waals surface area contributed by atoms with Gasteiger partial charge in [0.05, 0.1) is 0 Å². The van der Waals surface area contributed by atoms with Gasteiger partial charge >= 0.3 is 0 Å². The van der Waals surface area contributed by atoms with Gasteiger partial charge in [-0.3, -0.25) is 14.4 Å². The lowest BCUT2D eigenvalue weighted by Crippen LogP contribution is -2.30. The zero-order valence-corrected chi connectivity index (χ0v) is 17.6. The number of hydrogen-bond acceptors (Lipinski definition) is 3. The minimum atomic E-state index is -0.274. The van der Waals surface area contributed by atoms with E-state index in [9.17, 15) is 14.4 Å². The molecule has 0 unspecified atom stereocenters. The predicted octanol–water partition coefficient (Wildman–Crippen LogP) is 4.67. The molecule has 158 valence electrons. The van der Waals surface area contributed by atoms with E-state index in [1.165, 1.54) is 0 Å². The fourth-order valence-electron chi connectivity index (χ4n) is 3.09. The third-order valence-electron chi connectivity index (χ3n) is 4.88. The van der Waals surface area contributed by atoms with Crippen LogP contribution in [0.3, 0.4) is 0 Å². The maximum absolute atomic E-state index is 12.5. The highest BCUT2D eigenvalue weighted by Crippen LogP contribution is 2.15. The van der Waals surface area contributed by atoms with Crippen molar-refractivity contribution < 1.29 is 14.4 Å². The summed E-state index contributed by atoms with van der Waals surface area (Å²) in [5.74, 6) is -0.517. The molecule has 3 rings (SSSR count). The topological polar surface area (TPSA) is 78.5 Å². The van der Waals surface area contributed by atoms with Crippen molar-refractivity contribution in [3.05, 3.63) is 95.6 Å². The van der Waals surface area contributed by atoms with Gasteiger partial charge in [-0.05, 0) is 74.5 Å². The number of rotatable bonds is 7. The number of nitrogens with one attached hydrogen (secondary N) is 2. The summed E-state index contributed by atoms with van der Waals surface area (Å²) in [4.78, 5) is 38.8. The fourth-order valence-corrected chi connectivity index (χ4v) is 3.09. The molecule has 0 bridgehead atoms. The zero-order valence-electron chi connectivity index (χ0n) is 17.6. The molecular formula is C25H25N3O3. The van der Waals surface area contributed by atoms with Crippen molar-refractivity contribution in [3.63, 3.8) is 0 Å². The van der Waals surface area contributed by atoms with Gasteiger partial charge in [0.25, 0.3) is 17.7 Å². The van der Waals surface area contributed by atoms with Gasteiger partial charge in [0, 0.05) is 41.2 Å². The van der Waals surface area contributed by atoms with Crippen molar-refractivity contribution in [1.82, 2.24) is 4.90 Å². The van der Waals surface area contributed by atoms with E-state index in [1.807, 2.05) is 19.9 Å². The Bertz CT molecular complexity index is 1040. The van der Waals surface area contributed by atoms with Crippen LogP contribution in [0.5, 0.6) is 0 Å². The summed E-state index contributed by atoms with van der Waals surface area (Å²) < 4.78 is 0. The maximum atomic E-state index is 12.5. The molecule has 3 aromatic carbocycles. The van der Waals surface area contributed by atoms with E-state index in [0.29, 0.717) is 41.2 Å². The normalized spacial score (nSPS) is 10.3. The van der Waals surface area contributed by atoms with Gasteiger partial charge in [0.1, 0.15) is 0 Å². The number of carbonyl (C=O) groups excluding carboxylic acids is 3. The van der Waals surface area contributed by atoms with Crippen molar-refractivity contribution in [2.45, 2.75) is 13.8 Å². The Kier molecular flexibility index (Phi) is 7.17. The largest absolute Gasteiger partial charge is 0.339 e. The Hall–Kier alpha value is -3.93. The summed E-state index contributed by atoms with van der Waals surface area (Å²) in [6, 6.07) is 22.4. The maximum Gasteiger partial charge on any atom is 0.255 e. The first-order chi connectivity index (χ1) is 15.0. The van der Waals surface area contributed by atoms with Crippen LogP contribution < -0.4 is 10.6 Å². The SMILES string of the molecule is CCN(CC)C(=O)c1ccc(NC(=O)c2ccc(NC(=O)c3ccccc3)cc2)cc1. The third-order valence-corrected chi connectivity index (χ3v) is 4.88. The number of hydrogen-bond donors (Lipinski definition) is 2. The molecule has 31 heavy (non-hydrogen) atoms. The second-order valence-corrected chi connectivity index (χ2v) is 6.91. The number of benzene rings is 3. The molecule has 0 saturated heterocycles. The van der Waals surface area contributed by atoms with Gasteiger partial charge in [0.2, 0.25) is 0 Å². The zero-order chi connectivity index (χ0) is 22.2. The second-order valence-electron chi connectivity index (χ2n) is 6.91. The third kappa shape index (κ3) is 5.57. The molecule has 0 saturated carbocycles. The van der Waals surface area contributed by atoms with Crippen LogP contribution in [-0.2, 0) is 0 Å². The van der Waals surface area contributed by atoms with Gasteiger partial charge in [-0.1, -0.05) is 18.2 Å². The molecule has 0 aliphatic heterocycles. The highest BCUT2D eigenvalue weighted by atomic mass is 16.2. The minimum Gasteiger partial charge on any atom is -0.339 e. The average molecular weight is 415 g/mol. The Morgan fingerprint density at radius 3 is 1.48 bits per heavy atom. The summed E-state index contributed by atoms with van der Waals surface area (Å²) in [6.45, 7) is 5.17. The van der Waals surface area contributed by atoms with E-state index in [4.69, 9.17) is 0 Å². The van der Waals surface area contributed by atoms with Gasteiger partial charge < -0.3 is 15.5 Å². The van der Waals surface area contributed by atoms with Crippen molar-refractivity contribution in [1.29, 1.82) is 0 Å². The van der Waals surface area contributed by atoms with Crippen LogP contribution in [0, 0.1) is 0 Å². The molecule has 6 nitrogen and oxygen atoms in total. The lowest BCUT2D eigenvalue weighted by atomic mass is 10.1. The molecule has 3 aromatic rings. The molecule has 0 aliphatic carbocycles. The highest BCUT2D eigenvalue weighted by Gasteiger charge is 2.13. The molecular weight excluding hydrogens is 390 g/mol. The molecule has 0 aliphatic rings. The van der Waals surface area contributed by atoms with E-state index in [0.717, 1.165) is 0 Å². The number of carbonyl (C=O) groups is 3. The predicted molar refractivity (Wildman–Crippen MR) is 122 cm³/mol. The minimum absolute atomic E-state index is 0.0315. The highest BCUT2D eigenvalue weighted by molar-refractivity contribution is 6.06. The van der Waals surface area contributed by atoms with Crippen molar-refractivity contribution in [2.75, 3.05) is 23.7 Å². The van der Waals surface area contributed by atoms with E-state index in [1.54, 1.807) is 77.7 Å². The fraction of sp³-hybridized carbons (Fsp3) is 0.160. The first kappa shape index (κ1) is 21.8.